The minimum atomic E-state index is -0.607. The zero-order chi connectivity index (χ0) is 22.4. The molecule has 1 heterocycles. The van der Waals surface area contributed by atoms with Crippen LogP contribution >= 0.6 is 0 Å². The van der Waals surface area contributed by atoms with Crippen LogP contribution in [0, 0.1) is 5.92 Å². The fourth-order valence-corrected chi connectivity index (χ4v) is 6.03. The first-order valence-electron chi connectivity index (χ1n) is 12.9. The lowest BCUT2D eigenvalue weighted by Gasteiger charge is -2.38. The highest BCUT2D eigenvalue weighted by Gasteiger charge is 2.42. The Balaban J connectivity index is 1.47. The molecule has 0 bridgehead atoms. The van der Waals surface area contributed by atoms with Crippen LogP contribution in [0.5, 0.6) is 0 Å². The molecule has 1 aromatic rings. The molecule has 2 unspecified atom stereocenters. The number of carbonyl (C=O) groups is 1. The van der Waals surface area contributed by atoms with Crippen LogP contribution in [0.15, 0.2) is 41.7 Å². The molecule has 2 fully saturated rings. The zero-order valence-electron chi connectivity index (χ0n) is 19.7. The van der Waals surface area contributed by atoms with Gasteiger partial charge in [0.25, 0.3) is 0 Å². The lowest BCUT2D eigenvalue weighted by molar-refractivity contribution is -0.161. The van der Waals surface area contributed by atoms with Gasteiger partial charge in [0.15, 0.2) is 0 Å². The van der Waals surface area contributed by atoms with E-state index in [-0.39, 0.29) is 17.8 Å². The van der Waals surface area contributed by atoms with E-state index in [1.165, 1.54) is 31.2 Å². The van der Waals surface area contributed by atoms with E-state index in [4.69, 9.17) is 9.47 Å². The molecular formula is C28H40O4. The molecule has 0 saturated heterocycles. The molecule has 1 aliphatic heterocycles. The van der Waals surface area contributed by atoms with Crippen molar-refractivity contribution in [2.75, 3.05) is 0 Å². The number of hydrogen-bond donors (Lipinski definition) is 1. The molecule has 4 heteroatoms. The van der Waals surface area contributed by atoms with E-state index in [2.05, 4.69) is 19.1 Å². The molecule has 4 rings (SSSR count). The minimum Gasteiger partial charge on any atom is -0.512 e. The Hall–Kier alpha value is -1.81. The van der Waals surface area contributed by atoms with E-state index < -0.39 is 5.60 Å². The van der Waals surface area contributed by atoms with Gasteiger partial charge in [-0.1, -0.05) is 69.4 Å². The lowest BCUT2D eigenvalue weighted by atomic mass is 9.82. The summed E-state index contributed by atoms with van der Waals surface area (Å²) in [7, 11) is 0. The van der Waals surface area contributed by atoms with E-state index in [9.17, 15) is 9.90 Å². The number of hydrogen-bond acceptors (Lipinski definition) is 4. The van der Waals surface area contributed by atoms with Crippen LogP contribution in [0.4, 0.5) is 0 Å². The van der Waals surface area contributed by atoms with Gasteiger partial charge in [-0.05, 0) is 56.4 Å². The highest BCUT2D eigenvalue weighted by Crippen LogP contribution is 2.40. The average molecular weight is 441 g/mol. The molecule has 2 atom stereocenters. The third-order valence-electron chi connectivity index (χ3n) is 7.81. The molecule has 2 saturated carbocycles. The molecule has 3 aliphatic rings. The van der Waals surface area contributed by atoms with Crippen LogP contribution in [0.1, 0.15) is 96.0 Å². The Morgan fingerprint density at radius 3 is 2.41 bits per heavy atom. The van der Waals surface area contributed by atoms with Gasteiger partial charge in [0.1, 0.15) is 11.4 Å². The van der Waals surface area contributed by atoms with Crippen LogP contribution in [0.2, 0.25) is 0 Å². The Labute approximate surface area is 193 Å². The summed E-state index contributed by atoms with van der Waals surface area (Å²) >= 11 is 0. The maximum atomic E-state index is 13.2. The average Bonchev–Trinajstić information content (AvgIpc) is 3.49. The van der Waals surface area contributed by atoms with E-state index in [0.717, 1.165) is 51.4 Å². The maximum absolute atomic E-state index is 13.2. The van der Waals surface area contributed by atoms with Gasteiger partial charge in [-0.15, -0.1) is 0 Å². The predicted molar refractivity (Wildman–Crippen MR) is 126 cm³/mol. The number of aryl methyl sites for hydroxylation is 1. The summed E-state index contributed by atoms with van der Waals surface area (Å²) in [5.74, 6) is 0.401. The second-order valence-electron chi connectivity index (χ2n) is 10.2. The van der Waals surface area contributed by atoms with Crippen LogP contribution in [0.25, 0.3) is 0 Å². The van der Waals surface area contributed by atoms with Crippen LogP contribution in [0.3, 0.4) is 0 Å². The molecule has 0 amide bonds. The number of esters is 1. The van der Waals surface area contributed by atoms with Gasteiger partial charge < -0.3 is 14.6 Å². The first-order valence-corrected chi connectivity index (χ1v) is 12.9. The van der Waals surface area contributed by atoms with Gasteiger partial charge in [-0.2, -0.15) is 0 Å². The Kier molecular flexibility index (Phi) is 7.93. The van der Waals surface area contributed by atoms with E-state index in [0.29, 0.717) is 30.4 Å². The molecule has 0 radical (unpaired) electrons. The van der Waals surface area contributed by atoms with Gasteiger partial charge >= 0.3 is 5.97 Å². The van der Waals surface area contributed by atoms with Gasteiger partial charge in [-0.25, -0.2) is 4.79 Å². The van der Waals surface area contributed by atoms with Crippen molar-refractivity contribution in [3.8, 4) is 0 Å². The Morgan fingerprint density at radius 2 is 1.75 bits per heavy atom. The summed E-state index contributed by atoms with van der Waals surface area (Å²) in [5.41, 5.74) is 1.09. The second kappa shape index (κ2) is 10.9. The Morgan fingerprint density at radius 1 is 1.06 bits per heavy atom. The standard InChI is InChI=1S/C28H40O4/c1-2-17-28(18-16-21-10-4-3-5-11-21)20-25(29)24(27(30)32-28)19-26(22-12-6-7-13-22)31-23-14-8-9-15-23/h3-5,10-11,22-23,26,29H,2,6-9,12-20H2,1H3. The summed E-state index contributed by atoms with van der Waals surface area (Å²) in [6.45, 7) is 2.11. The van der Waals surface area contributed by atoms with Crippen molar-refractivity contribution in [2.24, 2.45) is 5.92 Å². The van der Waals surface area contributed by atoms with Crippen molar-refractivity contribution in [1.82, 2.24) is 0 Å². The largest absolute Gasteiger partial charge is 0.512 e. The molecule has 0 aromatic heterocycles. The normalized spacial score (nSPS) is 26.0. The number of cyclic esters (lactones) is 1. The third-order valence-corrected chi connectivity index (χ3v) is 7.81. The first kappa shape index (κ1) is 23.4. The zero-order valence-corrected chi connectivity index (χ0v) is 19.7. The lowest BCUT2D eigenvalue weighted by Crippen LogP contribution is -2.41. The van der Waals surface area contributed by atoms with Crippen molar-refractivity contribution in [1.29, 1.82) is 0 Å². The van der Waals surface area contributed by atoms with Gasteiger partial charge in [-0.3, -0.25) is 0 Å². The van der Waals surface area contributed by atoms with Crippen molar-refractivity contribution >= 4 is 5.97 Å². The second-order valence-corrected chi connectivity index (χ2v) is 10.2. The Bertz CT molecular complexity index is 774. The first-order chi connectivity index (χ1) is 15.6. The summed E-state index contributed by atoms with van der Waals surface area (Å²) in [5, 5.41) is 11.1. The van der Waals surface area contributed by atoms with Crippen molar-refractivity contribution in [3.63, 3.8) is 0 Å². The maximum Gasteiger partial charge on any atom is 0.338 e. The van der Waals surface area contributed by atoms with Crippen molar-refractivity contribution < 1.29 is 19.4 Å². The summed E-state index contributed by atoms with van der Waals surface area (Å²) in [6, 6.07) is 10.3. The SMILES string of the molecule is CCCC1(CCc2ccccc2)CC(O)=C(CC(OC2CCCC2)C2CCCC2)C(=O)O1. The molecule has 0 spiro atoms. The van der Waals surface area contributed by atoms with Crippen molar-refractivity contribution in [2.45, 2.75) is 115 Å². The summed E-state index contributed by atoms with van der Waals surface area (Å²) < 4.78 is 12.7. The number of aliphatic hydroxyl groups excluding tert-OH is 1. The van der Waals surface area contributed by atoms with Crippen LogP contribution in [-0.2, 0) is 20.7 Å². The summed E-state index contributed by atoms with van der Waals surface area (Å²) in [6.07, 6.45) is 14.0. The quantitative estimate of drug-likeness (QED) is 0.405. The predicted octanol–water partition coefficient (Wildman–Crippen LogP) is 6.83. The van der Waals surface area contributed by atoms with E-state index in [1.807, 2.05) is 18.2 Å². The molecule has 4 nitrogen and oxygen atoms in total. The van der Waals surface area contributed by atoms with Gasteiger partial charge in [0.2, 0.25) is 0 Å². The van der Waals surface area contributed by atoms with Crippen LogP contribution < -0.4 is 0 Å². The highest BCUT2D eigenvalue weighted by atomic mass is 16.6. The number of benzene rings is 1. The van der Waals surface area contributed by atoms with Gasteiger partial charge in [0, 0.05) is 12.8 Å². The molecule has 176 valence electrons. The molecule has 2 aliphatic carbocycles. The van der Waals surface area contributed by atoms with E-state index in [1.54, 1.807) is 0 Å². The number of ether oxygens (including phenoxy) is 2. The van der Waals surface area contributed by atoms with Crippen LogP contribution in [-0.4, -0.2) is 28.9 Å². The minimum absolute atomic E-state index is 0.0216. The fourth-order valence-electron chi connectivity index (χ4n) is 6.03. The summed E-state index contributed by atoms with van der Waals surface area (Å²) in [4.78, 5) is 13.2. The number of rotatable bonds is 10. The molecular weight excluding hydrogens is 400 g/mol. The topological polar surface area (TPSA) is 55.8 Å². The van der Waals surface area contributed by atoms with Crippen molar-refractivity contribution in [3.05, 3.63) is 47.2 Å². The highest BCUT2D eigenvalue weighted by molar-refractivity contribution is 5.90. The van der Waals surface area contributed by atoms with Gasteiger partial charge in [0.05, 0.1) is 17.8 Å². The number of carbonyl (C=O) groups excluding carboxylic acids is 1. The molecule has 1 aromatic carbocycles. The molecule has 32 heavy (non-hydrogen) atoms. The fraction of sp³-hybridized carbons (Fsp3) is 0.679. The van der Waals surface area contributed by atoms with E-state index >= 15 is 0 Å². The monoisotopic (exact) mass is 440 g/mol. The third kappa shape index (κ3) is 5.75. The number of aliphatic hydroxyl groups is 1. The molecule has 1 N–H and O–H groups in total. The smallest absolute Gasteiger partial charge is 0.338 e.